The van der Waals surface area contributed by atoms with E-state index < -0.39 is 76.6 Å². The number of ketones is 2. The van der Waals surface area contributed by atoms with E-state index in [1.807, 2.05) is 13.8 Å². The van der Waals surface area contributed by atoms with Crippen LogP contribution >= 0.6 is 0 Å². The summed E-state index contributed by atoms with van der Waals surface area (Å²) < 4.78 is 34.1. The molecule has 0 bridgehead atoms. The predicted molar refractivity (Wildman–Crippen MR) is 157 cm³/mol. The van der Waals surface area contributed by atoms with Gasteiger partial charge in [0.2, 0.25) is 0 Å². The average Bonchev–Trinajstić information content (AvgIpc) is 3.23. The molecule has 1 aliphatic heterocycles. The maximum atomic E-state index is 13.4. The molecule has 2 amide bonds. The Bertz CT molecular complexity index is 1760. The molecule has 0 saturated carbocycles. The van der Waals surface area contributed by atoms with Crippen LogP contribution in [-0.4, -0.2) is 79.9 Å². The first-order chi connectivity index (χ1) is 20.7. The third-order valence-corrected chi connectivity index (χ3v) is 7.90. The number of nitrogens with zero attached hydrogens (tertiary/aromatic N) is 1. The van der Waals surface area contributed by atoms with Crippen molar-refractivity contribution in [1.82, 2.24) is 4.90 Å². The SMILES string of the molecule is Cc1ccc(C(=O)COC(=O)c2ccc3c(c2)C(=O)N([C@@H](CCS(C)(=O)=O)C(=O)OCC(=O)c2ccc(C)cc2)C3=O)cc1. The van der Waals surface area contributed by atoms with Gasteiger partial charge in [-0.1, -0.05) is 59.7 Å². The van der Waals surface area contributed by atoms with E-state index in [0.29, 0.717) is 10.5 Å². The minimum atomic E-state index is -3.63. The van der Waals surface area contributed by atoms with Crippen LogP contribution in [0.25, 0.3) is 0 Å². The van der Waals surface area contributed by atoms with Crippen LogP contribution in [0.1, 0.15) is 69.3 Å². The minimum absolute atomic E-state index is 0.123. The average molecular weight is 620 g/mol. The molecule has 3 aromatic rings. The lowest BCUT2D eigenvalue weighted by atomic mass is 10.1. The molecule has 0 aromatic heterocycles. The zero-order valence-electron chi connectivity index (χ0n) is 24.2. The number of esters is 2. The quantitative estimate of drug-likeness (QED) is 0.167. The number of benzene rings is 3. The second-order valence-electron chi connectivity index (χ2n) is 10.4. The molecule has 0 saturated heterocycles. The molecule has 11 nitrogen and oxygen atoms in total. The molecular weight excluding hydrogens is 590 g/mol. The Balaban J connectivity index is 1.50. The van der Waals surface area contributed by atoms with E-state index in [-0.39, 0.29) is 22.3 Å². The first-order valence-electron chi connectivity index (χ1n) is 13.5. The van der Waals surface area contributed by atoms with Crippen molar-refractivity contribution < 1.29 is 46.7 Å². The number of aryl methyl sites for hydroxylation is 2. The van der Waals surface area contributed by atoms with Crippen LogP contribution in [0.2, 0.25) is 0 Å². The van der Waals surface area contributed by atoms with Crippen LogP contribution in [0.4, 0.5) is 0 Å². The largest absolute Gasteiger partial charge is 0.456 e. The van der Waals surface area contributed by atoms with E-state index in [4.69, 9.17) is 9.47 Å². The zero-order valence-corrected chi connectivity index (χ0v) is 25.0. The maximum Gasteiger partial charge on any atom is 0.338 e. The van der Waals surface area contributed by atoms with Crippen molar-refractivity contribution in [3.8, 4) is 0 Å². The standard InChI is InChI=1S/C32H29NO10S/c1-19-4-8-21(9-5-19)27(34)17-42-31(38)23-12-13-24-25(16-23)30(37)33(29(24)36)26(14-15-44(3,40)41)32(39)43-18-28(35)22-10-6-20(2)7-11-22/h4-13,16,26H,14-15,17-18H2,1-3H3/t26-/m0/s1. The molecule has 44 heavy (non-hydrogen) atoms. The number of hydrogen-bond acceptors (Lipinski definition) is 10. The van der Waals surface area contributed by atoms with E-state index in [2.05, 4.69) is 0 Å². The van der Waals surface area contributed by atoms with Crippen LogP contribution in [0, 0.1) is 13.8 Å². The Labute approximate surface area is 253 Å². The number of amides is 2. The lowest BCUT2D eigenvalue weighted by molar-refractivity contribution is -0.147. The number of imide groups is 1. The van der Waals surface area contributed by atoms with Crippen LogP contribution < -0.4 is 0 Å². The molecule has 228 valence electrons. The van der Waals surface area contributed by atoms with Gasteiger partial charge in [-0.2, -0.15) is 0 Å². The third-order valence-electron chi connectivity index (χ3n) is 6.93. The lowest BCUT2D eigenvalue weighted by Crippen LogP contribution is -2.46. The van der Waals surface area contributed by atoms with Gasteiger partial charge in [0.15, 0.2) is 24.8 Å². The molecule has 1 aliphatic rings. The number of fused-ring (bicyclic) bond motifs is 1. The first-order valence-corrected chi connectivity index (χ1v) is 15.5. The molecule has 3 aromatic carbocycles. The Hall–Kier alpha value is -4.97. The van der Waals surface area contributed by atoms with Gasteiger partial charge >= 0.3 is 11.9 Å². The molecule has 0 radical (unpaired) electrons. The highest BCUT2D eigenvalue weighted by Crippen LogP contribution is 2.28. The van der Waals surface area contributed by atoms with E-state index in [0.717, 1.165) is 23.4 Å². The summed E-state index contributed by atoms with van der Waals surface area (Å²) in [6, 6.07) is 15.1. The van der Waals surface area contributed by atoms with Crippen LogP contribution in [0.5, 0.6) is 0 Å². The molecule has 12 heteroatoms. The smallest absolute Gasteiger partial charge is 0.338 e. The van der Waals surface area contributed by atoms with Gasteiger partial charge in [0.25, 0.3) is 11.8 Å². The second kappa shape index (κ2) is 13.1. The number of carbonyl (C=O) groups is 6. The summed E-state index contributed by atoms with van der Waals surface area (Å²) in [5.74, 6) is -5.46. The van der Waals surface area contributed by atoms with Gasteiger partial charge in [0, 0.05) is 17.4 Å². The first kappa shape index (κ1) is 32.0. The highest BCUT2D eigenvalue weighted by Gasteiger charge is 2.44. The van der Waals surface area contributed by atoms with Gasteiger partial charge in [-0.3, -0.25) is 24.1 Å². The molecule has 0 N–H and O–H groups in total. The van der Waals surface area contributed by atoms with Gasteiger partial charge in [-0.25, -0.2) is 18.0 Å². The van der Waals surface area contributed by atoms with E-state index in [9.17, 15) is 37.2 Å². The number of hydrogen-bond donors (Lipinski definition) is 0. The number of rotatable bonds is 12. The molecular formula is C32H29NO10S. The molecule has 0 unspecified atom stereocenters. The van der Waals surface area contributed by atoms with Crippen molar-refractivity contribution in [1.29, 1.82) is 0 Å². The van der Waals surface area contributed by atoms with Crippen molar-refractivity contribution in [3.05, 3.63) is 106 Å². The summed E-state index contributed by atoms with van der Waals surface area (Å²) in [7, 11) is -3.63. The van der Waals surface area contributed by atoms with Crippen molar-refractivity contribution in [3.63, 3.8) is 0 Å². The highest BCUT2D eigenvalue weighted by atomic mass is 32.2. The lowest BCUT2D eigenvalue weighted by Gasteiger charge is -2.24. The fourth-order valence-electron chi connectivity index (χ4n) is 4.44. The maximum absolute atomic E-state index is 13.4. The van der Waals surface area contributed by atoms with Crippen molar-refractivity contribution in [2.75, 3.05) is 25.2 Å². The Kier molecular flexibility index (Phi) is 9.53. The molecule has 4 rings (SSSR count). The van der Waals surface area contributed by atoms with Gasteiger partial charge in [-0.05, 0) is 38.5 Å². The summed E-state index contributed by atoms with van der Waals surface area (Å²) in [4.78, 5) is 78.0. The Morgan fingerprint density at radius 1 is 0.705 bits per heavy atom. The number of carbonyl (C=O) groups excluding carboxylic acids is 6. The molecule has 1 atom stereocenters. The van der Waals surface area contributed by atoms with Crippen molar-refractivity contribution in [2.24, 2.45) is 0 Å². The zero-order chi connectivity index (χ0) is 32.2. The fourth-order valence-corrected chi connectivity index (χ4v) is 5.09. The summed E-state index contributed by atoms with van der Waals surface area (Å²) in [6.45, 7) is 2.44. The number of sulfone groups is 1. The Morgan fingerprint density at radius 2 is 1.18 bits per heavy atom. The van der Waals surface area contributed by atoms with E-state index in [1.165, 1.54) is 12.1 Å². The summed E-state index contributed by atoms with van der Waals surface area (Å²) in [6.07, 6.45) is 0.456. The minimum Gasteiger partial charge on any atom is -0.456 e. The van der Waals surface area contributed by atoms with Gasteiger partial charge in [0.05, 0.1) is 22.4 Å². The van der Waals surface area contributed by atoms with Crippen LogP contribution in [-0.2, 0) is 24.1 Å². The van der Waals surface area contributed by atoms with Gasteiger partial charge in [0.1, 0.15) is 15.9 Å². The molecule has 0 fully saturated rings. The Morgan fingerprint density at radius 3 is 1.70 bits per heavy atom. The number of Topliss-reactive ketones (excluding diaryl/α,β-unsaturated/α-hetero) is 2. The number of ether oxygens (including phenoxy) is 2. The van der Waals surface area contributed by atoms with Crippen molar-refractivity contribution >= 4 is 45.2 Å². The third kappa shape index (κ3) is 7.51. The topological polar surface area (TPSA) is 158 Å². The second-order valence-corrected chi connectivity index (χ2v) is 12.7. The predicted octanol–water partition coefficient (Wildman–Crippen LogP) is 3.17. The molecule has 0 aliphatic carbocycles. The van der Waals surface area contributed by atoms with E-state index in [1.54, 1.807) is 48.5 Å². The van der Waals surface area contributed by atoms with Crippen LogP contribution in [0.3, 0.4) is 0 Å². The molecule has 1 heterocycles. The summed E-state index contributed by atoms with van der Waals surface area (Å²) >= 11 is 0. The summed E-state index contributed by atoms with van der Waals surface area (Å²) in [5, 5.41) is 0. The molecule has 0 spiro atoms. The summed E-state index contributed by atoms with van der Waals surface area (Å²) in [5.41, 5.74) is 2.02. The monoisotopic (exact) mass is 619 g/mol. The van der Waals surface area contributed by atoms with Crippen LogP contribution in [0.15, 0.2) is 66.7 Å². The fraction of sp³-hybridized carbons (Fsp3) is 0.250. The highest BCUT2D eigenvalue weighted by molar-refractivity contribution is 7.90. The van der Waals surface area contributed by atoms with E-state index >= 15 is 0 Å². The van der Waals surface area contributed by atoms with Crippen molar-refractivity contribution in [2.45, 2.75) is 26.3 Å². The van der Waals surface area contributed by atoms with Gasteiger partial charge < -0.3 is 9.47 Å². The normalized spacial score (nSPS) is 13.3. The van der Waals surface area contributed by atoms with Gasteiger partial charge in [-0.15, -0.1) is 0 Å².